The van der Waals surface area contributed by atoms with Crippen LogP contribution >= 0.6 is 23.2 Å². The van der Waals surface area contributed by atoms with Gasteiger partial charge in [-0.2, -0.15) is 4.31 Å². The summed E-state index contributed by atoms with van der Waals surface area (Å²) in [5.74, 6) is 0.303. The van der Waals surface area contributed by atoms with Gasteiger partial charge in [-0.1, -0.05) is 47.5 Å². The average molecular weight is 696 g/mol. The van der Waals surface area contributed by atoms with Gasteiger partial charge in [0.15, 0.2) is 0 Å². The molecule has 47 heavy (non-hydrogen) atoms. The molecule has 5 rings (SSSR count). The van der Waals surface area contributed by atoms with Crippen molar-refractivity contribution < 1.29 is 31.9 Å². The van der Waals surface area contributed by atoms with Gasteiger partial charge in [0.1, 0.15) is 17.3 Å². The molecule has 0 radical (unpaired) electrons. The molecule has 1 amide bonds. The number of allylic oxidation sites excluding steroid dienone is 1. The lowest BCUT2D eigenvalue weighted by Gasteiger charge is -2.21. The van der Waals surface area contributed by atoms with Gasteiger partial charge in [0.05, 0.1) is 36.8 Å². The number of furan rings is 1. The first-order valence-electron chi connectivity index (χ1n) is 14.5. The maximum Gasteiger partial charge on any atom is 0.340 e. The van der Waals surface area contributed by atoms with Crippen molar-refractivity contribution in [2.45, 2.75) is 31.3 Å². The van der Waals surface area contributed by atoms with Crippen molar-refractivity contribution in [3.8, 4) is 5.75 Å². The van der Waals surface area contributed by atoms with E-state index in [0.717, 1.165) is 16.9 Å². The summed E-state index contributed by atoms with van der Waals surface area (Å²) in [6.07, 6.45) is 2.03. The number of ether oxygens (including phenoxy) is 2. The Morgan fingerprint density at radius 1 is 0.872 bits per heavy atom. The smallest absolute Gasteiger partial charge is 0.340 e. The highest BCUT2D eigenvalue weighted by Gasteiger charge is 2.37. The van der Waals surface area contributed by atoms with Crippen molar-refractivity contribution in [2.75, 3.05) is 20.8 Å². The molecule has 0 aliphatic carbocycles. The maximum atomic E-state index is 13.8. The van der Waals surface area contributed by atoms with Gasteiger partial charge in [-0.05, 0) is 91.2 Å². The van der Waals surface area contributed by atoms with Crippen LogP contribution in [0.1, 0.15) is 29.6 Å². The summed E-state index contributed by atoms with van der Waals surface area (Å²) in [5, 5.41) is 0.939. The number of methoxy groups -OCH3 is 2. The second kappa shape index (κ2) is 14.6. The third kappa shape index (κ3) is 7.80. The molecule has 0 unspecified atom stereocenters. The van der Waals surface area contributed by atoms with Crippen LogP contribution in [0.2, 0.25) is 10.0 Å². The Labute approximate surface area is 283 Å². The van der Waals surface area contributed by atoms with E-state index in [1.807, 2.05) is 24.3 Å². The van der Waals surface area contributed by atoms with E-state index >= 15 is 0 Å². The first-order chi connectivity index (χ1) is 22.5. The molecule has 0 saturated carbocycles. The Morgan fingerprint density at radius 2 is 1.49 bits per heavy atom. The Kier molecular flexibility index (Phi) is 10.6. The molecular weight excluding hydrogens is 663 g/mol. The molecule has 9 nitrogen and oxygen atoms in total. The Hall–Kier alpha value is -4.35. The third-order valence-corrected chi connectivity index (χ3v) is 10.0. The van der Waals surface area contributed by atoms with E-state index in [2.05, 4.69) is 0 Å². The molecule has 1 aliphatic heterocycles. The normalized spacial score (nSPS) is 14.4. The number of hydrogen-bond acceptors (Lipinski definition) is 7. The molecule has 0 saturated heterocycles. The summed E-state index contributed by atoms with van der Waals surface area (Å²) in [5.41, 5.74) is 2.44. The van der Waals surface area contributed by atoms with Gasteiger partial charge in [-0.25, -0.2) is 13.2 Å². The van der Waals surface area contributed by atoms with Gasteiger partial charge >= 0.3 is 5.97 Å². The van der Waals surface area contributed by atoms with Crippen LogP contribution in [0.15, 0.2) is 111 Å². The molecule has 4 aromatic rings. The van der Waals surface area contributed by atoms with Crippen LogP contribution in [0, 0.1) is 0 Å². The molecule has 0 fully saturated rings. The number of amides is 1. The molecule has 244 valence electrons. The molecule has 3 aromatic carbocycles. The fourth-order valence-corrected chi connectivity index (χ4v) is 6.82. The summed E-state index contributed by atoms with van der Waals surface area (Å²) in [6, 6.07) is 23.6. The number of nitrogens with zero attached hydrogens (tertiary/aromatic N) is 2. The molecule has 0 bridgehead atoms. The van der Waals surface area contributed by atoms with E-state index in [1.165, 1.54) is 41.8 Å². The summed E-state index contributed by atoms with van der Waals surface area (Å²) in [6.45, 7) is 1.95. The highest BCUT2D eigenvalue weighted by molar-refractivity contribution is 7.89. The van der Waals surface area contributed by atoms with Crippen molar-refractivity contribution in [2.24, 2.45) is 0 Å². The van der Waals surface area contributed by atoms with Crippen LogP contribution in [0.25, 0.3) is 6.08 Å². The minimum Gasteiger partial charge on any atom is -0.497 e. The molecule has 12 heteroatoms. The number of carbonyl (C=O) groups is 2. The molecular formula is C35H32Cl2N2O7S. The number of esters is 1. The van der Waals surface area contributed by atoms with E-state index in [-0.39, 0.29) is 40.8 Å². The van der Waals surface area contributed by atoms with Gasteiger partial charge in [0.25, 0.3) is 5.91 Å². The standard InChI is InChI=1S/C35H32Cl2N2O7S/c1-23-33(35(41)45-3)32(34(40)39(23)19-18-24-6-12-28(44-2)13-7-24)20-29-14-15-30(46-29)22-38(21-25-4-8-26(36)9-5-25)47(42,43)31-16-10-27(37)11-17-31/h4-17,20H,18-19,21-22H2,1-3H3/b32-20+. The van der Waals surface area contributed by atoms with Crippen LogP contribution in [0.4, 0.5) is 0 Å². The predicted molar refractivity (Wildman–Crippen MR) is 179 cm³/mol. The average Bonchev–Trinajstić information content (AvgIpc) is 3.61. The Morgan fingerprint density at radius 3 is 2.11 bits per heavy atom. The first-order valence-corrected chi connectivity index (χ1v) is 16.7. The van der Waals surface area contributed by atoms with E-state index in [0.29, 0.717) is 34.5 Å². The van der Waals surface area contributed by atoms with E-state index < -0.39 is 16.0 Å². The second-order valence-corrected chi connectivity index (χ2v) is 13.5. The number of benzene rings is 3. The monoisotopic (exact) mass is 694 g/mol. The predicted octanol–water partition coefficient (Wildman–Crippen LogP) is 6.90. The number of hydrogen-bond donors (Lipinski definition) is 0. The molecule has 2 heterocycles. The van der Waals surface area contributed by atoms with Crippen LogP contribution in [-0.4, -0.2) is 50.3 Å². The van der Waals surface area contributed by atoms with Gasteiger partial charge in [0.2, 0.25) is 10.0 Å². The van der Waals surface area contributed by atoms with Gasteiger partial charge in [0, 0.05) is 28.8 Å². The first kappa shape index (κ1) is 34.0. The second-order valence-electron chi connectivity index (χ2n) is 10.7. The lowest BCUT2D eigenvalue weighted by molar-refractivity contribution is -0.136. The molecule has 0 atom stereocenters. The molecule has 0 spiro atoms. The molecule has 1 aliphatic rings. The van der Waals surface area contributed by atoms with Crippen molar-refractivity contribution in [1.82, 2.24) is 9.21 Å². The summed E-state index contributed by atoms with van der Waals surface area (Å²) in [4.78, 5) is 28.1. The maximum absolute atomic E-state index is 13.8. The van der Waals surface area contributed by atoms with Crippen LogP contribution in [0.5, 0.6) is 5.75 Å². The third-order valence-electron chi connectivity index (χ3n) is 7.71. The lowest BCUT2D eigenvalue weighted by Crippen LogP contribution is -2.30. The van der Waals surface area contributed by atoms with Crippen molar-refractivity contribution in [1.29, 1.82) is 0 Å². The van der Waals surface area contributed by atoms with Crippen molar-refractivity contribution >= 4 is 51.2 Å². The highest BCUT2D eigenvalue weighted by Crippen LogP contribution is 2.33. The number of halogens is 2. The van der Waals surface area contributed by atoms with Gasteiger partial charge in [-0.15, -0.1) is 0 Å². The van der Waals surface area contributed by atoms with Crippen molar-refractivity contribution in [3.05, 3.63) is 134 Å². The zero-order valence-corrected chi connectivity index (χ0v) is 28.2. The van der Waals surface area contributed by atoms with Crippen LogP contribution < -0.4 is 4.74 Å². The zero-order valence-electron chi connectivity index (χ0n) is 25.9. The minimum absolute atomic E-state index is 0.0370. The van der Waals surface area contributed by atoms with Crippen molar-refractivity contribution in [3.63, 3.8) is 0 Å². The van der Waals surface area contributed by atoms with E-state index in [9.17, 15) is 18.0 Å². The summed E-state index contributed by atoms with van der Waals surface area (Å²) < 4.78 is 45.1. The topological polar surface area (TPSA) is 106 Å². The number of sulfonamides is 1. The van der Waals surface area contributed by atoms with Crippen LogP contribution in [0.3, 0.4) is 0 Å². The minimum atomic E-state index is -3.99. The fraction of sp³-hybridized carbons (Fsp3) is 0.200. The zero-order chi connectivity index (χ0) is 33.7. The lowest BCUT2D eigenvalue weighted by atomic mass is 10.1. The van der Waals surface area contributed by atoms with E-state index in [4.69, 9.17) is 37.1 Å². The number of carbonyl (C=O) groups excluding carboxylic acids is 2. The fourth-order valence-electron chi connectivity index (χ4n) is 5.18. The Balaban J connectivity index is 1.41. The quantitative estimate of drug-likeness (QED) is 0.117. The van der Waals surface area contributed by atoms with Crippen LogP contribution in [-0.2, 0) is 43.9 Å². The molecule has 0 N–H and O–H groups in total. The molecule has 1 aromatic heterocycles. The van der Waals surface area contributed by atoms with Gasteiger partial charge in [-0.3, -0.25) is 4.79 Å². The van der Waals surface area contributed by atoms with Gasteiger partial charge < -0.3 is 18.8 Å². The SMILES string of the molecule is COC(=O)C1=C(C)N(CCc2ccc(OC)cc2)C(=O)/C1=C/c1ccc(CN(Cc2ccc(Cl)cc2)S(=O)(=O)c2ccc(Cl)cc2)o1. The summed E-state index contributed by atoms with van der Waals surface area (Å²) >= 11 is 12.1. The number of rotatable bonds is 12. The van der Waals surface area contributed by atoms with E-state index in [1.54, 1.807) is 55.3 Å². The Bertz CT molecular complexity index is 1930. The largest absolute Gasteiger partial charge is 0.497 e. The summed E-state index contributed by atoms with van der Waals surface area (Å²) in [7, 11) is -1.14. The highest BCUT2D eigenvalue weighted by atomic mass is 35.5.